The van der Waals surface area contributed by atoms with Crippen molar-refractivity contribution < 1.29 is 14.0 Å². The van der Waals surface area contributed by atoms with Crippen LogP contribution < -0.4 is 10.6 Å². The third-order valence-electron chi connectivity index (χ3n) is 3.13. The second-order valence-corrected chi connectivity index (χ2v) is 4.95. The summed E-state index contributed by atoms with van der Waals surface area (Å²) >= 11 is 0. The molecule has 22 heavy (non-hydrogen) atoms. The zero-order valence-corrected chi connectivity index (χ0v) is 12.2. The SMILES string of the molecule is Cc1ccc(C(=O)NCC(=O)NCc2ccc(F)cc2)cc1. The van der Waals surface area contributed by atoms with Crippen molar-refractivity contribution in [3.63, 3.8) is 0 Å². The molecular formula is C17H17FN2O2. The Bertz CT molecular complexity index is 651. The highest BCUT2D eigenvalue weighted by Crippen LogP contribution is 2.03. The highest BCUT2D eigenvalue weighted by Gasteiger charge is 2.07. The molecule has 0 saturated heterocycles. The highest BCUT2D eigenvalue weighted by atomic mass is 19.1. The van der Waals surface area contributed by atoms with Gasteiger partial charge in [0.15, 0.2) is 0 Å². The molecule has 0 radical (unpaired) electrons. The van der Waals surface area contributed by atoms with Crippen molar-refractivity contribution in [2.75, 3.05) is 6.54 Å². The summed E-state index contributed by atoms with van der Waals surface area (Å²) in [6.07, 6.45) is 0. The van der Waals surface area contributed by atoms with Crippen molar-refractivity contribution in [2.45, 2.75) is 13.5 Å². The molecule has 0 aliphatic carbocycles. The van der Waals surface area contributed by atoms with Crippen LogP contribution in [0.2, 0.25) is 0 Å². The third-order valence-corrected chi connectivity index (χ3v) is 3.13. The number of hydrogen-bond donors (Lipinski definition) is 2. The molecule has 2 rings (SSSR count). The van der Waals surface area contributed by atoms with Gasteiger partial charge in [-0.2, -0.15) is 0 Å². The summed E-state index contributed by atoms with van der Waals surface area (Å²) in [5.74, 6) is -0.915. The standard InChI is InChI=1S/C17H17FN2O2/c1-12-2-6-14(7-3-12)17(22)20-11-16(21)19-10-13-4-8-15(18)9-5-13/h2-9H,10-11H2,1H3,(H,19,21)(H,20,22). The third kappa shape index (κ3) is 4.70. The van der Waals surface area contributed by atoms with Crippen molar-refractivity contribution in [2.24, 2.45) is 0 Å². The number of aryl methyl sites for hydroxylation is 1. The summed E-state index contributed by atoms with van der Waals surface area (Å²) in [7, 11) is 0. The lowest BCUT2D eigenvalue weighted by atomic mass is 10.1. The van der Waals surface area contributed by atoms with E-state index >= 15 is 0 Å². The van der Waals surface area contributed by atoms with Gasteiger partial charge in [-0.3, -0.25) is 9.59 Å². The van der Waals surface area contributed by atoms with Crippen LogP contribution in [0, 0.1) is 12.7 Å². The Labute approximate surface area is 128 Å². The summed E-state index contributed by atoms with van der Waals surface area (Å²) in [6.45, 7) is 2.12. The van der Waals surface area contributed by atoms with Crippen LogP contribution in [0.5, 0.6) is 0 Å². The Morgan fingerprint density at radius 3 is 2.23 bits per heavy atom. The van der Waals surface area contributed by atoms with Crippen molar-refractivity contribution in [3.05, 3.63) is 71.0 Å². The average Bonchev–Trinajstić information content (AvgIpc) is 2.52. The van der Waals surface area contributed by atoms with Gasteiger partial charge in [0.1, 0.15) is 5.82 Å². The number of carbonyl (C=O) groups is 2. The second-order valence-electron chi connectivity index (χ2n) is 4.95. The number of hydrogen-bond acceptors (Lipinski definition) is 2. The maximum Gasteiger partial charge on any atom is 0.251 e. The summed E-state index contributed by atoms with van der Waals surface area (Å²) in [5, 5.41) is 5.21. The molecule has 2 N–H and O–H groups in total. The zero-order chi connectivity index (χ0) is 15.9. The molecule has 4 nitrogen and oxygen atoms in total. The van der Waals surface area contributed by atoms with E-state index in [1.165, 1.54) is 12.1 Å². The molecule has 0 atom stereocenters. The number of nitrogens with one attached hydrogen (secondary N) is 2. The van der Waals surface area contributed by atoms with E-state index < -0.39 is 0 Å². The number of rotatable bonds is 5. The molecule has 0 spiro atoms. The number of halogens is 1. The predicted molar refractivity (Wildman–Crippen MR) is 81.8 cm³/mol. The summed E-state index contributed by atoms with van der Waals surface area (Å²) in [6, 6.07) is 13.0. The van der Waals surface area contributed by atoms with Crippen LogP contribution in [0.3, 0.4) is 0 Å². The fraction of sp³-hybridized carbons (Fsp3) is 0.176. The Hall–Kier alpha value is -2.69. The Balaban J connectivity index is 1.76. The molecular weight excluding hydrogens is 283 g/mol. The van der Waals surface area contributed by atoms with E-state index in [-0.39, 0.29) is 24.2 Å². The van der Waals surface area contributed by atoms with Crippen LogP contribution in [-0.4, -0.2) is 18.4 Å². The van der Waals surface area contributed by atoms with Crippen LogP contribution in [0.1, 0.15) is 21.5 Å². The van der Waals surface area contributed by atoms with Crippen LogP contribution in [-0.2, 0) is 11.3 Å². The molecule has 0 aliphatic rings. The first-order chi connectivity index (χ1) is 10.5. The van der Waals surface area contributed by atoms with Crippen molar-refractivity contribution in [1.82, 2.24) is 10.6 Å². The number of amides is 2. The quantitative estimate of drug-likeness (QED) is 0.889. The van der Waals surface area contributed by atoms with Crippen LogP contribution in [0.25, 0.3) is 0 Å². The number of carbonyl (C=O) groups excluding carboxylic acids is 2. The fourth-order valence-corrected chi connectivity index (χ4v) is 1.83. The smallest absolute Gasteiger partial charge is 0.251 e. The van der Waals surface area contributed by atoms with Crippen LogP contribution >= 0.6 is 0 Å². The first-order valence-corrected chi connectivity index (χ1v) is 6.90. The van der Waals surface area contributed by atoms with Gasteiger partial charge in [0.2, 0.25) is 5.91 Å². The van der Waals surface area contributed by atoms with Gasteiger partial charge in [0.05, 0.1) is 6.54 Å². The van der Waals surface area contributed by atoms with Crippen molar-refractivity contribution in [1.29, 1.82) is 0 Å². The Kier molecular flexibility index (Phi) is 5.25. The topological polar surface area (TPSA) is 58.2 Å². The largest absolute Gasteiger partial charge is 0.350 e. The lowest BCUT2D eigenvalue weighted by molar-refractivity contribution is -0.120. The maximum absolute atomic E-state index is 12.7. The summed E-state index contributed by atoms with van der Waals surface area (Å²) in [4.78, 5) is 23.5. The van der Waals surface area contributed by atoms with Gasteiger partial charge >= 0.3 is 0 Å². The lowest BCUT2D eigenvalue weighted by Crippen LogP contribution is -2.36. The van der Waals surface area contributed by atoms with E-state index in [1.54, 1.807) is 24.3 Å². The number of benzene rings is 2. The fourth-order valence-electron chi connectivity index (χ4n) is 1.83. The summed E-state index contributed by atoms with van der Waals surface area (Å²) < 4.78 is 12.7. The molecule has 0 aromatic heterocycles. The van der Waals surface area contributed by atoms with E-state index in [9.17, 15) is 14.0 Å². The molecule has 114 valence electrons. The van der Waals surface area contributed by atoms with Gasteiger partial charge in [-0.15, -0.1) is 0 Å². The molecule has 0 fully saturated rings. The van der Waals surface area contributed by atoms with E-state index in [0.717, 1.165) is 11.1 Å². The molecule has 0 heterocycles. The van der Waals surface area contributed by atoms with Gasteiger partial charge < -0.3 is 10.6 Å². The van der Waals surface area contributed by atoms with E-state index in [2.05, 4.69) is 10.6 Å². The van der Waals surface area contributed by atoms with Gasteiger partial charge in [-0.1, -0.05) is 29.8 Å². The van der Waals surface area contributed by atoms with Gasteiger partial charge in [-0.05, 0) is 36.8 Å². The Morgan fingerprint density at radius 2 is 1.59 bits per heavy atom. The van der Waals surface area contributed by atoms with Gasteiger partial charge in [-0.25, -0.2) is 4.39 Å². The average molecular weight is 300 g/mol. The van der Waals surface area contributed by atoms with E-state index in [1.807, 2.05) is 19.1 Å². The van der Waals surface area contributed by atoms with E-state index in [0.29, 0.717) is 12.1 Å². The molecule has 2 aromatic rings. The molecule has 0 bridgehead atoms. The predicted octanol–water partition coefficient (Wildman–Crippen LogP) is 2.18. The van der Waals surface area contributed by atoms with E-state index in [4.69, 9.17) is 0 Å². The minimum atomic E-state index is -0.319. The van der Waals surface area contributed by atoms with Crippen molar-refractivity contribution in [3.8, 4) is 0 Å². The lowest BCUT2D eigenvalue weighted by Gasteiger charge is -2.07. The van der Waals surface area contributed by atoms with Crippen molar-refractivity contribution >= 4 is 11.8 Å². The molecule has 0 aliphatic heterocycles. The van der Waals surface area contributed by atoms with Gasteiger partial charge in [0, 0.05) is 12.1 Å². The minimum Gasteiger partial charge on any atom is -0.350 e. The second kappa shape index (κ2) is 7.36. The molecule has 2 amide bonds. The van der Waals surface area contributed by atoms with Crippen LogP contribution in [0.4, 0.5) is 4.39 Å². The van der Waals surface area contributed by atoms with Crippen LogP contribution in [0.15, 0.2) is 48.5 Å². The molecule has 0 unspecified atom stereocenters. The Morgan fingerprint density at radius 1 is 0.955 bits per heavy atom. The molecule has 5 heteroatoms. The zero-order valence-electron chi connectivity index (χ0n) is 12.2. The molecule has 0 saturated carbocycles. The minimum absolute atomic E-state index is 0.103. The monoisotopic (exact) mass is 300 g/mol. The first kappa shape index (κ1) is 15.7. The summed E-state index contributed by atoms with van der Waals surface area (Å²) in [5.41, 5.74) is 2.37. The molecule has 2 aromatic carbocycles. The highest BCUT2D eigenvalue weighted by molar-refractivity contribution is 5.96. The first-order valence-electron chi connectivity index (χ1n) is 6.90. The maximum atomic E-state index is 12.7. The van der Waals surface area contributed by atoms with Gasteiger partial charge in [0.25, 0.3) is 5.91 Å². The normalized spacial score (nSPS) is 10.1.